The highest BCUT2D eigenvalue weighted by molar-refractivity contribution is 6.30. The van der Waals surface area contributed by atoms with E-state index in [0.717, 1.165) is 6.07 Å². The van der Waals surface area contributed by atoms with Crippen LogP contribution in [0.3, 0.4) is 0 Å². The Balaban J connectivity index is 2.83. The molecule has 0 unspecified atom stereocenters. The van der Waals surface area contributed by atoms with E-state index in [1.807, 2.05) is 0 Å². The topological polar surface area (TPSA) is 39.2 Å². The Kier molecular flexibility index (Phi) is 3.19. The first-order valence-electron chi connectivity index (χ1n) is 3.51. The largest absolute Gasteiger partial charge is 0.469 e. The van der Waals surface area contributed by atoms with E-state index in [1.165, 1.54) is 13.2 Å². The van der Waals surface area contributed by atoms with Gasteiger partial charge in [0.05, 0.1) is 13.5 Å². The number of hydrogen-bond donors (Lipinski definition) is 0. The average Bonchev–Trinajstić information content (AvgIpc) is 2.09. The zero-order valence-corrected chi connectivity index (χ0v) is 7.64. The summed E-state index contributed by atoms with van der Waals surface area (Å²) in [5.74, 6) is -1.10. The van der Waals surface area contributed by atoms with Crippen LogP contribution in [-0.2, 0) is 16.0 Å². The molecule has 0 radical (unpaired) electrons. The molecule has 0 aliphatic heterocycles. The van der Waals surface area contributed by atoms with E-state index in [0.29, 0.717) is 5.56 Å². The van der Waals surface area contributed by atoms with Crippen LogP contribution >= 0.6 is 11.6 Å². The van der Waals surface area contributed by atoms with Crippen molar-refractivity contribution < 1.29 is 13.9 Å². The quantitative estimate of drug-likeness (QED) is 0.541. The molecule has 0 spiro atoms. The van der Waals surface area contributed by atoms with E-state index in [4.69, 9.17) is 11.6 Å². The van der Waals surface area contributed by atoms with Gasteiger partial charge in [-0.25, -0.2) is 4.98 Å². The second-order valence-corrected chi connectivity index (χ2v) is 2.69. The molecule has 13 heavy (non-hydrogen) atoms. The number of halogens is 2. The van der Waals surface area contributed by atoms with Gasteiger partial charge in [-0.15, -0.1) is 0 Å². The number of pyridine rings is 1. The highest BCUT2D eigenvalue weighted by Crippen LogP contribution is 2.14. The fourth-order valence-electron chi connectivity index (χ4n) is 0.800. The molecule has 3 nitrogen and oxygen atoms in total. The van der Waals surface area contributed by atoms with E-state index in [9.17, 15) is 9.18 Å². The van der Waals surface area contributed by atoms with E-state index in [-0.39, 0.29) is 11.6 Å². The summed E-state index contributed by atoms with van der Waals surface area (Å²) in [7, 11) is 1.27. The monoisotopic (exact) mass is 203 g/mol. The highest BCUT2D eigenvalue weighted by Gasteiger charge is 2.08. The van der Waals surface area contributed by atoms with Gasteiger partial charge < -0.3 is 4.74 Å². The molecule has 1 aromatic rings. The van der Waals surface area contributed by atoms with Crippen LogP contribution in [0.2, 0.25) is 5.15 Å². The minimum Gasteiger partial charge on any atom is -0.469 e. The Morgan fingerprint density at radius 1 is 1.69 bits per heavy atom. The van der Waals surface area contributed by atoms with Crippen molar-refractivity contribution in [3.8, 4) is 0 Å². The minimum absolute atomic E-state index is 0.00259. The van der Waals surface area contributed by atoms with Crippen LogP contribution in [0.4, 0.5) is 4.39 Å². The zero-order valence-electron chi connectivity index (χ0n) is 6.88. The maximum absolute atomic E-state index is 12.5. The minimum atomic E-state index is -0.668. The predicted octanol–water partition coefficient (Wildman–Crippen LogP) is 1.59. The molecule has 0 saturated heterocycles. The first-order chi connectivity index (χ1) is 6.13. The lowest BCUT2D eigenvalue weighted by molar-refractivity contribution is -0.139. The van der Waals surface area contributed by atoms with Crippen LogP contribution in [-0.4, -0.2) is 18.1 Å². The van der Waals surface area contributed by atoms with Crippen molar-refractivity contribution in [2.45, 2.75) is 6.42 Å². The zero-order chi connectivity index (χ0) is 9.84. The number of ether oxygens (including phenoxy) is 1. The number of nitrogens with zero attached hydrogens (tertiary/aromatic N) is 1. The van der Waals surface area contributed by atoms with Gasteiger partial charge >= 0.3 is 5.97 Å². The Labute approximate surface area is 79.5 Å². The molecule has 1 rings (SSSR count). The fraction of sp³-hybridized carbons (Fsp3) is 0.250. The van der Waals surface area contributed by atoms with Gasteiger partial charge in [0.2, 0.25) is 5.95 Å². The molecular weight excluding hydrogens is 197 g/mol. The standard InChI is InChI=1S/C8H7ClFNO2/c1-13-7(12)4-5-2-3-6(10)11-8(5)9/h2-3H,4H2,1H3. The van der Waals surface area contributed by atoms with Gasteiger partial charge in [0, 0.05) is 5.56 Å². The van der Waals surface area contributed by atoms with Crippen LogP contribution in [0, 0.1) is 5.95 Å². The first kappa shape index (κ1) is 9.92. The Bertz CT molecular complexity index is 330. The Morgan fingerprint density at radius 3 is 2.92 bits per heavy atom. The predicted molar refractivity (Wildman–Crippen MR) is 44.9 cm³/mol. The van der Waals surface area contributed by atoms with Gasteiger partial charge in [-0.3, -0.25) is 4.79 Å². The van der Waals surface area contributed by atoms with Crippen molar-refractivity contribution in [2.24, 2.45) is 0 Å². The number of rotatable bonds is 2. The summed E-state index contributed by atoms with van der Waals surface area (Å²) in [4.78, 5) is 14.2. The number of aromatic nitrogens is 1. The molecule has 1 heterocycles. The molecule has 0 amide bonds. The number of carbonyl (C=O) groups is 1. The van der Waals surface area contributed by atoms with Crippen molar-refractivity contribution in [3.63, 3.8) is 0 Å². The highest BCUT2D eigenvalue weighted by atomic mass is 35.5. The lowest BCUT2D eigenvalue weighted by atomic mass is 10.2. The maximum Gasteiger partial charge on any atom is 0.310 e. The van der Waals surface area contributed by atoms with Crippen LogP contribution in [0.5, 0.6) is 0 Å². The van der Waals surface area contributed by atoms with Crippen molar-refractivity contribution >= 4 is 17.6 Å². The molecular formula is C8H7ClFNO2. The maximum atomic E-state index is 12.5. The fourth-order valence-corrected chi connectivity index (χ4v) is 1.01. The van der Waals surface area contributed by atoms with Crippen molar-refractivity contribution in [3.05, 3.63) is 28.8 Å². The third kappa shape index (κ3) is 2.66. The number of carbonyl (C=O) groups excluding carboxylic acids is 1. The SMILES string of the molecule is COC(=O)Cc1ccc(F)nc1Cl. The summed E-state index contributed by atoms with van der Waals surface area (Å²) < 4.78 is 16.9. The summed E-state index contributed by atoms with van der Waals surface area (Å²) in [6, 6.07) is 2.55. The molecule has 0 aliphatic carbocycles. The third-order valence-electron chi connectivity index (χ3n) is 1.45. The molecule has 5 heteroatoms. The third-order valence-corrected chi connectivity index (χ3v) is 1.78. The average molecular weight is 204 g/mol. The van der Waals surface area contributed by atoms with Crippen LogP contribution in [0.25, 0.3) is 0 Å². The molecule has 0 bridgehead atoms. The summed E-state index contributed by atoms with van der Waals surface area (Å²) in [6.45, 7) is 0. The van der Waals surface area contributed by atoms with Gasteiger partial charge in [-0.1, -0.05) is 17.7 Å². The number of methoxy groups -OCH3 is 1. The lowest BCUT2D eigenvalue weighted by Crippen LogP contribution is -2.05. The van der Waals surface area contributed by atoms with E-state index in [1.54, 1.807) is 0 Å². The molecule has 0 saturated carbocycles. The molecule has 0 fully saturated rings. The van der Waals surface area contributed by atoms with Crippen molar-refractivity contribution in [2.75, 3.05) is 7.11 Å². The lowest BCUT2D eigenvalue weighted by Gasteiger charge is -2.01. The van der Waals surface area contributed by atoms with Gasteiger partial charge in [0.15, 0.2) is 0 Å². The Hall–Kier alpha value is -1.16. The van der Waals surface area contributed by atoms with Gasteiger partial charge in [-0.2, -0.15) is 4.39 Å². The Morgan fingerprint density at radius 2 is 2.38 bits per heavy atom. The van der Waals surface area contributed by atoms with Gasteiger partial charge in [0.25, 0.3) is 0 Å². The second kappa shape index (κ2) is 4.18. The first-order valence-corrected chi connectivity index (χ1v) is 3.89. The normalized spacial score (nSPS) is 9.77. The van der Waals surface area contributed by atoms with E-state index >= 15 is 0 Å². The summed E-state index contributed by atoms with van der Waals surface area (Å²) in [5, 5.41) is -0.00889. The van der Waals surface area contributed by atoms with E-state index < -0.39 is 11.9 Å². The van der Waals surface area contributed by atoms with Gasteiger partial charge in [0.1, 0.15) is 5.15 Å². The van der Waals surface area contributed by atoms with Crippen LogP contribution in [0.1, 0.15) is 5.56 Å². The molecule has 0 atom stereocenters. The van der Waals surface area contributed by atoms with E-state index in [2.05, 4.69) is 9.72 Å². The number of esters is 1. The summed E-state index contributed by atoms with van der Waals surface area (Å²) in [6.07, 6.45) is 0.00259. The summed E-state index contributed by atoms with van der Waals surface area (Å²) >= 11 is 5.57. The molecule has 0 N–H and O–H groups in total. The molecule has 1 aromatic heterocycles. The van der Waals surface area contributed by atoms with Gasteiger partial charge in [-0.05, 0) is 6.07 Å². The van der Waals surface area contributed by atoms with Crippen molar-refractivity contribution in [1.82, 2.24) is 4.98 Å². The summed E-state index contributed by atoms with van der Waals surface area (Å²) in [5.41, 5.74) is 0.454. The number of hydrogen-bond acceptors (Lipinski definition) is 3. The second-order valence-electron chi connectivity index (χ2n) is 2.34. The molecule has 0 aromatic carbocycles. The van der Waals surface area contributed by atoms with Crippen LogP contribution < -0.4 is 0 Å². The van der Waals surface area contributed by atoms with Crippen molar-refractivity contribution in [1.29, 1.82) is 0 Å². The van der Waals surface area contributed by atoms with Crippen LogP contribution in [0.15, 0.2) is 12.1 Å². The molecule has 0 aliphatic rings. The molecule has 70 valence electrons. The smallest absolute Gasteiger partial charge is 0.310 e.